The molecule has 0 bridgehead atoms. The summed E-state index contributed by atoms with van der Waals surface area (Å²) in [5, 5.41) is 14.6. The Morgan fingerprint density at radius 1 is 1.24 bits per heavy atom. The molecule has 0 spiro atoms. The van der Waals surface area contributed by atoms with E-state index < -0.39 is 24.5 Å². The highest BCUT2D eigenvalue weighted by atomic mass is 16.5. The average Bonchev–Trinajstić information content (AvgIpc) is 2.54. The molecule has 0 heterocycles. The van der Waals surface area contributed by atoms with E-state index in [0.717, 1.165) is 31.2 Å². The lowest BCUT2D eigenvalue weighted by Crippen LogP contribution is -2.48. The zero-order valence-corrected chi connectivity index (χ0v) is 14.5. The largest absolute Gasteiger partial charge is 0.507 e. The first-order valence-corrected chi connectivity index (χ1v) is 8.44. The van der Waals surface area contributed by atoms with Crippen molar-refractivity contribution in [2.45, 2.75) is 45.6 Å². The number of amides is 3. The molecule has 0 saturated heterocycles. The number of aryl methyl sites for hydroxylation is 1. The number of hydrogen-bond donors (Lipinski definition) is 3. The number of rotatable bonds is 4. The number of aromatic hydroxyl groups is 1. The fourth-order valence-corrected chi connectivity index (χ4v) is 2.92. The predicted octanol–water partition coefficient (Wildman–Crippen LogP) is 2.26. The Morgan fingerprint density at radius 2 is 1.96 bits per heavy atom. The second kappa shape index (κ2) is 8.50. The van der Waals surface area contributed by atoms with Crippen molar-refractivity contribution in [2.75, 3.05) is 6.61 Å². The molecule has 2 rings (SSSR count). The van der Waals surface area contributed by atoms with Crippen molar-refractivity contribution in [2.24, 2.45) is 5.92 Å². The average molecular weight is 348 g/mol. The molecule has 0 aromatic heterocycles. The summed E-state index contributed by atoms with van der Waals surface area (Å²) in [4.78, 5) is 35.5. The molecular formula is C18H24N2O5. The molecule has 3 N–H and O–H groups in total. The minimum atomic E-state index is -0.825. The summed E-state index contributed by atoms with van der Waals surface area (Å²) in [7, 11) is 0. The normalized spacial score (nSPS) is 19.8. The molecule has 0 unspecified atom stereocenters. The second-order valence-corrected chi connectivity index (χ2v) is 6.49. The van der Waals surface area contributed by atoms with Crippen LogP contribution in [0.3, 0.4) is 0 Å². The number of benzene rings is 1. The van der Waals surface area contributed by atoms with E-state index in [-0.39, 0.29) is 17.4 Å². The molecule has 7 heteroatoms. The fourth-order valence-electron chi connectivity index (χ4n) is 2.92. The quantitative estimate of drug-likeness (QED) is 0.724. The van der Waals surface area contributed by atoms with E-state index in [4.69, 9.17) is 4.74 Å². The summed E-state index contributed by atoms with van der Waals surface area (Å²) in [6.07, 6.45) is 4.16. The molecule has 1 saturated carbocycles. The number of urea groups is 1. The highest BCUT2D eigenvalue weighted by Gasteiger charge is 2.23. The fraction of sp³-hybridized carbons (Fsp3) is 0.500. The van der Waals surface area contributed by atoms with E-state index in [0.29, 0.717) is 5.92 Å². The predicted molar refractivity (Wildman–Crippen MR) is 91.2 cm³/mol. The van der Waals surface area contributed by atoms with Gasteiger partial charge < -0.3 is 15.2 Å². The van der Waals surface area contributed by atoms with Gasteiger partial charge in [0.2, 0.25) is 0 Å². The van der Waals surface area contributed by atoms with Gasteiger partial charge in [0.25, 0.3) is 5.91 Å². The third-order valence-electron chi connectivity index (χ3n) is 4.39. The number of hydrogen-bond acceptors (Lipinski definition) is 5. The van der Waals surface area contributed by atoms with Crippen LogP contribution in [-0.4, -0.2) is 35.7 Å². The van der Waals surface area contributed by atoms with E-state index >= 15 is 0 Å². The highest BCUT2D eigenvalue weighted by Crippen LogP contribution is 2.23. The second-order valence-electron chi connectivity index (χ2n) is 6.49. The monoisotopic (exact) mass is 348 g/mol. The molecule has 1 aromatic carbocycles. The van der Waals surface area contributed by atoms with Crippen molar-refractivity contribution in [3.8, 4) is 5.75 Å². The maximum absolute atomic E-state index is 11.9. The van der Waals surface area contributed by atoms with Crippen LogP contribution >= 0.6 is 0 Å². The van der Waals surface area contributed by atoms with Crippen LogP contribution in [0.4, 0.5) is 4.79 Å². The van der Waals surface area contributed by atoms with Gasteiger partial charge in [0.05, 0.1) is 0 Å². The van der Waals surface area contributed by atoms with Gasteiger partial charge >= 0.3 is 12.0 Å². The number of esters is 1. The Hall–Kier alpha value is -2.57. The maximum Gasteiger partial charge on any atom is 0.342 e. The van der Waals surface area contributed by atoms with Crippen LogP contribution in [0.25, 0.3) is 0 Å². The van der Waals surface area contributed by atoms with E-state index in [1.54, 1.807) is 13.0 Å². The number of nitrogens with one attached hydrogen (secondary N) is 2. The zero-order chi connectivity index (χ0) is 18.4. The van der Waals surface area contributed by atoms with Crippen LogP contribution in [0.2, 0.25) is 0 Å². The maximum atomic E-state index is 11.9. The van der Waals surface area contributed by atoms with Crippen LogP contribution in [0.1, 0.15) is 48.5 Å². The summed E-state index contributed by atoms with van der Waals surface area (Å²) < 4.78 is 4.83. The van der Waals surface area contributed by atoms with Gasteiger partial charge in [-0.05, 0) is 43.4 Å². The molecule has 7 nitrogen and oxygen atoms in total. The Bertz CT molecular complexity index is 659. The molecule has 3 amide bonds. The summed E-state index contributed by atoms with van der Waals surface area (Å²) >= 11 is 0. The van der Waals surface area contributed by atoms with Gasteiger partial charge in [-0.3, -0.25) is 10.1 Å². The lowest BCUT2D eigenvalue weighted by Gasteiger charge is -2.29. The number of ether oxygens (including phenoxy) is 1. The number of phenols is 1. The van der Waals surface area contributed by atoms with Crippen LogP contribution in [0.5, 0.6) is 5.75 Å². The van der Waals surface area contributed by atoms with E-state index in [2.05, 4.69) is 17.6 Å². The third kappa shape index (κ3) is 5.48. The smallest absolute Gasteiger partial charge is 0.342 e. The molecule has 2 atom stereocenters. The van der Waals surface area contributed by atoms with Crippen LogP contribution in [-0.2, 0) is 9.53 Å². The Kier molecular flexibility index (Phi) is 6.38. The van der Waals surface area contributed by atoms with Gasteiger partial charge in [0.15, 0.2) is 6.61 Å². The van der Waals surface area contributed by atoms with Gasteiger partial charge in [-0.25, -0.2) is 9.59 Å². The molecule has 0 aliphatic heterocycles. The Balaban J connectivity index is 1.77. The van der Waals surface area contributed by atoms with E-state index in [1.165, 1.54) is 12.1 Å². The van der Waals surface area contributed by atoms with Gasteiger partial charge in [-0.1, -0.05) is 25.8 Å². The molecule has 136 valence electrons. The van der Waals surface area contributed by atoms with Gasteiger partial charge in [0.1, 0.15) is 11.3 Å². The standard InChI is InChI=1S/C18H24N2O5/c1-11-7-8-13(15(21)9-11)17(23)25-10-16(22)20-18(24)19-14-6-4-3-5-12(14)2/h7-9,12,14,21H,3-6,10H2,1-2H3,(H2,19,20,22,24)/t12-,14+/m1/s1. The number of imide groups is 1. The summed E-state index contributed by atoms with van der Waals surface area (Å²) in [5.41, 5.74) is 0.763. The molecule has 25 heavy (non-hydrogen) atoms. The van der Waals surface area contributed by atoms with Crippen molar-refractivity contribution >= 4 is 17.9 Å². The van der Waals surface area contributed by atoms with Gasteiger partial charge in [0, 0.05) is 6.04 Å². The molecular weight excluding hydrogens is 324 g/mol. The number of phenolic OH excluding ortho intramolecular Hbond substituents is 1. The van der Waals surface area contributed by atoms with Crippen LogP contribution < -0.4 is 10.6 Å². The lowest BCUT2D eigenvalue weighted by molar-refractivity contribution is -0.123. The van der Waals surface area contributed by atoms with Crippen molar-refractivity contribution in [1.29, 1.82) is 0 Å². The number of carbonyl (C=O) groups is 3. The highest BCUT2D eigenvalue weighted by molar-refractivity contribution is 5.97. The molecule has 1 aromatic rings. The lowest BCUT2D eigenvalue weighted by atomic mass is 9.86. The minimum absolute atomic E-state index is 0.0288. The molecule has 0 radical (unpaired) electrons. The third-order valence-corrected chi connectivity index (χ3v) is 4.39. The van der Waals surface area contributed by atoms with E-state index in [9.17, 15) is 19.5 Å². The molecule has 1 aliphatic rings. The topological polar surface area (TPSA) is 105 Å². The molecule has 1 fully saturated rings. The van der Waals surface area contributed by atoms with Crippen molar-refractivity contribution < 1.29 is 24.2 Å². The Labute approximate surface area is 146 Å². The molecule has 1 aliphatic carbocycles. The van der Waals surface area contributed by atoms with Crippen molar-refractivity contribution in [3.05, 3.63) is 29.3 Å². The Morgan fingerprint density at radius 3 is 2.64 bits per heavy atom. The number of carbonyl (C=O) groups excluding carboxylic acids is 3. The van der Waals surface area contributed by atoms with E-state index in [1.807, 2.05) is 0 Å². The van der Waals surface area contributed by atoms with Gasteiger partial charge in [-0.15, -0.1) is 0 Å². The first kappa shape index (κ1) is 18.8. The van der Waals surface area contributed by atoms with Crippen molar-refractivity contribution in [1.82, 2.24) is 10.6 Å². The van der Waals surface area contributed by atoms with Crippen LogP contribution in [0, 0.1) is 12.8 Å². The summed E-state index contributed by atoms with van der Waals surface area (Å²) in [6.45, 7) is 3.25. The van der Waals surface area contributed by atoms with Crippen molar-refractivity contribution in [3.63, 3.8) is 0 Å². The summed E-state index contributed by atoms with van der Waals surface area (Å²) in [6, 6.07) is 3.96. The first-order chi connectivity index (χ1) is 11.9. The van der Waals surface area contributed by atoms with Crippen LogP contribution in [0.15, 0.2) is 18.2 Å². The minimum Gasteiger partial charge on any atom is -0.507 e. The summed E-state index contributed by atoms with van der Waals surface area (Å²) in [5.74, 6) is -1.39. The zero-order valence-electron chi connectivity index (χ0n) is 14.5. The SMILES string of the molecule is Cc1ccc(C(=O)OCC(=O)NC(=O)N[C@H]2CCCC[C@H]2C)c(O)c1. The van der Waals surface area contributed by atoms with Gasteiger partial charge in [-0.2, -0.15) is 0 Å². The first-order valence-electron chi connectivity index (χ1n) is 8.44.